The second-order valence-electron chi connectivity index (χ2n) is 9.53. The number of aliphatic hydroxyl groups is 1. The van der Waals surface area contributed by atoms with E-state index in [-0.39, 0.29) is 24.2 Å². The van der Waals surface area contributed by atoms with Crippen LogP contribution in [0.2, 0.25) is 0 Å². The van der Waals surface area contributed by atoms with Crippen LogP contribution in [0.5, 0.6) is 0 Å². The highest BCUT2D eigenvalue weighted by Crippen LogP contribution is 2.29. The Bertz CT molecular complexity index is 551. The number of likely N-dealkylation sites (N-methyl/N-ethyl adjacent to an activating group) is 1. The Hall–Kier alpha value is -0.770. The van der Waals surface area contributed by atoms with Crippen molar-refractivity contribution in [2.45, 2.75) is 56.5 Å². The van der Waals surface area contributed by atoms with Crippen LogP contribution in [0, 0.1) is 5.92 Å². The molecule has 4 saturated heterocycles. The van der Waals surface area contributed by atoms with Gasteiger partial charge in [0.2, 0.25) is 5.91 Å². The van der Waals surface area contributed by atoms with Crippen molar-refractivity contribution in [1.82, 2.24) is 14.7 Å². The van der Waals surface area contributed by atoms with Crippen LogP contribution in [0.4, 0.5) is 0 Å². The molecule has 0 saturated carbocycles. The number of nitrogens with zero attached hydrogens (tertiary/aromatic N) is 3. The first kappa shape index (κ1) is 22.4. The topological polar surface area (TPSA) is 74.7 Å². The minimum absolute atomic E-state index is 0.0311. The maximum absolute atomic E-state index is 12.8. The number of β-amino-alcohol motifs (C(OH)–C–C–N with tert-alkyl or cyclic N) is 1. The predicted octanol–water partition coefficient (Wildman–Crippen LogP) is 0.186. The zero-order valence-electron chi connectivity index (χ0n) is 18.4. The van der Waals surface area contributed by atoms with Crippen molar-refractivity contribution < 1.29 is 24.1 Å². The third-order valence-corrected chi connectivity index (χ3v) is 7.18. The number of carbonyl (C=O) groups excluding carboxylic acids is 1. The van der Waals surface area contributed by atoms with Crippen molar-refractivity contribution in [3.05, 3.63) is 0 Å². The SMILES string of the molecule is CN1CCN(C(=O)C[C@H]2CC[C@@H]3[C@H](COC[C@@H](O)CN3CC3CCOCC3)O2)CC1. The summed E-state index contributed by atoms with van der Waals surface area (Å²) in [4.78, 5) is 19.5. The second kappa shape index (κ2) is 10.7. The number of carbonyl (C=O) groups is 1. The van der Waals surface area contributed by atoms with Gasteiger partial charge in [0, 0.05) is 58.5 Å². The van der Waals surface area contributed by atoms with Gasteiger partial charge in [0.25, 0.3) is 0 Å². The smallest absolute Gasteiger partial charge is 0.225 e. The lowest BCUT2D eigenvalue weighted by molar-refractivity contribution is -0.162. The van der Waals surface area contributed by atoms with Crippen LogP contribution in [0.25, 0.3) is 0 Å². The molecule has 0 aromatic carbocycles. The molecule has 1 N–H and O–H groups in total. The lowest BCUT2D eigenvalue weighted by atomic mass is 9.92. The molecule has 4 aliphatic heterocycles. The first-order valence-corrected chi connectivity index (χ1v) is 11.8. The molecule has 0 radical (unpaired) electrons. The minimum atomic E-state index is -0.456. The van der Waals surface area contributed by atoms with Crippen LogP contribution in [0.1, 0.15) is 32.1 Å². The molecule has 8 heteroatoms. The number of fused-ring (bicyclic) bond motifs is 1. The molecule has 1 amide bonds. The first-order valence-electron chi connectivity index (χ1n) is 11.8. The van der Waals surface area contributed by atoms with Gasteiger partial charge in [-0.15, -0.1) is 0 Å². The van der Waals surface area contributed by atoms with E-state index in [1.807, 2.05) is 4.90 Å². The normalized spacial score (nSPS) is 35.5. The zero-order valence-corrected chi connectivity index (χ0v) is 18.4. The molecule has 30 heavy (non-hydrogen) atoms. The Morgan fingerprint density at radius 2 is 1.77 bits per heavy atom. The zero-order chi connectivity index (χ0) is 20.9. The molecule has 4 atom stereocenters. The second-order valence-corrected chi connectivity index (χ2v) is 9.53. The van der Waals surface area contributed by atoms with Crippen molar-refractivity contribution in [2.75, 3.05) is 72.7 Å². The van der Waals surface area contributed by atoms with Gasteiger partial charge >= 0.3 is 0 Å². The van der Waals surface area contributed by atoms with Gasteiger partial charge in [-0.25, -0.2) is 0 Å². The average Bonchev–Trinajstić information content (AvgIpc) is 2.74. The van der Waals surface area contributed by atoms with Crippen molar-refractivity contribution in [1.29, 1.82) is 0 Å². The van der Waals surface area contributed by atoms with Crippen LogP contribution in [0.15, 0.2) is 0 Å². The Morgan fingerprint density at radius 3 is 2.53 bits per heavy atom. The summed E-state index contributed by atoms with van der Waals surface area (Å²) >= 11 is 0. The summed E-state index contributed by atoms with van der Waals surface area (Å²) in [5.74, 6) is 0.830. The third-order valence-electron chi connectivity index (χ3n) is 7.18. The van der Waals surface area contributed by atoms with E-state index in [0.717, 1.165) is 71.6 Å². The van der Waals surface area contributed by atoms with Crippen molar-refractivity contribution in [2.24, 2.45) is 5.92 Å². The maximum atomic E-state index is 12.8. The number of hydrogen-bond acceptors (Lipinski definition) is 7. The lowest BCUT2D eigenvalue weighted by Crippen LogP contribution is -2.57. The molecule has 0 spiro atoms. The largest absolute Gasteiger partial charge is 0.389 e. The molecule has 4 fully saturated rings. The summed E-state index contributed by atoms with van der Waals surface area (Å²) in [6.45, 7) is 7.65. The number of rotatable bonds is 4. The van der Waals surface area contributed by atoms with Crippen LogP contribution in [0.3, 0.4) is 0 Å². The summed E-state index contributed by atoms with van der Waals surface area (Å²) in [6.07, 6.45) is 4.00. The first-order chi connectivity index (χ1) is 14.6. The van der Waals surface area contributed by atoms with E-state index < -0.39 is 6.10 Å². The van der Waals surface area contributed by atoms with E-state index in [9.17, 15) is 9.90 Å². The van der Waals surface area contributed by atoms with Gasteiger partial charge in [0.1, 0.15) is 0 Å². The molecule has 0 aliphatic carbocycles. The van der Waals surface area contributed by atoms with Gasteiger partial charge in [-0.2, -0.15) is 0 Å². The van der Waals surface area contributed by atoms with E-state index in [4.69, 9.17) is 14.2 Å². The van der Waals surface area contributed by atoms with E-state index in [1.165, 1.54) is 0 Å². The van der Waals surface area contributed by atoms with Gasteiger partial charge in [-0.05, 0) is 38.6 Å². The summed E-state index contributed by atoms with van der Waals surface area (Å²) < 4.78 is 17.7. The number of amides is 1. The molecule has 0 unspecified atom stereocenters. The predicted molar refractivity (Wildman–Crippen MR) is 112 cm³/mol. The molecule has 0 aromatic rings. The van der Waals surface area contributed by atoms with Crippen LogP contribution in [-0.2, 0) is 19.0 Å². The van der Waals surface area contributed by atoms with E-state index in [2.05, 4.69) is 16.8 Å². The number of hydrogen-bond donors (Lipinski definition) is 1. The standard InChI is InChI=1S/C22H39N3O5/c1-23-6-8-24(9-7-23)22(27)12-19-2-3-20-21(30-19)16-29-15-18(26)14-25(20)13-17-4-10-28-11-5-17/h17-21,26H,2-16H2,1H3/t18-,19+,20+,21-/m0/s1. The fourth-order valence-electron chi connectivity index (χ4n) is 5.30. The molecular formula is C22H39N3O5. The minimum Gasteiger partial charge on any atom is -0.389 e. The van der Waals surface area contributed by atoms with E-state index in [1.54, 1.807) is 0 Å². The Morgan fingerprint density at radius 1 is 1.00 bits per heavy atom. The maximum Gasteiger partial charge on any atom is 0.225 e. The molecule has 172 valence electrons. The number of aliphatic hydroxyl groups excluding tert-OH is 1. The number of ether oxygens (including phenoxy) is 3. The van der Waals surface area contributed by atoms with Gasteiger partial charge in [-0.3, -0.25) is 9.69 Å². The molecule has 4 rings (SSSR count). The van der Waals surface area contributed by atoms with Crippen LogP contribution in [-0.4, -0.2) is 123 Å². The van der Waals surface area contributed by atoms with Gasteiger partial charge < -0.3 is 29.1 Å². The quantitative estimate of drug-likeness (QED) is 0.689. The summed E-state index contributed by atoms with van der Waals surface area (Å²) in [7, 11) is 2.10. The Labute approximate surface area is 180 Å². The lowest BCUT2D eigenvalue weighted by Gasteiger charge is -2.46. The molecule has 0 aromatic heterocycles. The van der Waals surface area contributed by atoms with Crippen molar-refractivity contribution in [3.8, 4) is 0 Å². The van der Waals surface area contributed by atoms with Gasteiger partial charge in [-0.1, -0.05) is 0 Å². The molecular weight excluding hydrogens is 386 g/mol. The fourth-order valence-corrected chi connectivity index (χ4v) is 5.30. The van der Waals surface area contributed by atoms with Crippen molar-refractivity contribution in [3.63, 3.8) is 0 Å². The van der Waals surface area contributed by atoms with E-state index in [0.29, 0.717) is 32.1 Å². The highest BCUT2D eigenvalue weighted by atomic mass is 16.5. The highest BCUT2D eigenvalue weighted by Gasteiger charge is 2.39. The fraction of sp³-hybridized carbons (Fsp3) is 0.955. The third kappa shape index (κ3) is 5.93. The molecule has 8 nitrogen and oxygen atoms in total. The molecule has 4 heterocycles. The van der Waals surface area contributed by atoms with E-state index >= 15 is 0 Å². The molecule has 4 aliphatic rings. The van der Waals surface area contributed by atoms with Gasteiger partial charge in [0.15, 0.2) is 0 Å². The monoisotopic (exact) mass is 425 g/mol. The summed E-state index contributed by atoms with van der Waals surface area (Å²) in [6, 6.07) is 0.248. The van der Waals surface area contributed by atoms with Crippen LogP contribution >= 0.6 is 0 Å². The Balaban J connectivity index is 1.33. The molecule has 0 bridgehead atoms. The van der Waals surface area contributed by atoms with Crippen molar-refractivity contribution >= 4 is 5.91 Å². The summed E-state index contributed by atoms with van der Waals surface area (Å²) in [5, 5.41) is 10.4. The van der Waals surface area contributed by atoms with Gasteiger partial charge in [0.05, 0.1) is 37.9 Å². The summed E-state index contributed by atoms with van der Waals surface area (Å²) in [5.41, 5.74) is 0. The Kier molecular flexibility index (Phi) is 8.00. The number of piperazine rings is 1. The van der Waals surface area contributed by atoms with Crippen LogP contribution < -0.4 is 0 Å². The average molecular weight is 426 g/mol. The highest BCUT2D eigenvalue weighted by molar-refractivity contribution is 5.76.